The van der Waals surface area contributed by atoms with Crippen LogP contribution in [0.25, 0.3) is 11.3 Å². The van der Waals surface area contributed by atoms with Crippen molar-refractivity contribution in [1.82, 2.24) is 9.88 Å². The van der Waals surface area contributed by atoms with Crippen molar-refractivity contribution in [2.75, 3.05) is 31.1 Å². The van der Waals surface area contributed by atoms with Crippen molar-refractivity contribution >= 4 is 5.69 Å². The Balaban J connectivity index is 0.000000265. The van der Waals surface area contributed by atoms with E-state index < -0.39 is 0 Å². The fourth-order valence-corrected chi connectivity index (χ4v) is 4.44. The van der Waals surface area contributed by atoms with Gasteiger partial charge >= 0.3 is 0 Å². The van der Waals surface area contributed by atoms with Crippen molar-refractivity contribution in [1.29, 1.82) is 0 Å². The number of pyridine rings is 1. The second-order valence-corrected chi connectivity index (χ2v) is 7.96. The zero-order chi connectivity index (χ0) is 20.8. The van der Waals surface area contributed by atoms with Crippen molar-refractivity contribution in [2.45, 2.75) is 32.2 Å². The molecule has 1 saturated heterocycles. The molecular formula is C26H30FN3. The molecular weight excluding hydrogens is 373 g/mol. The number of benzene rings is 2. The lowest BCUT2D eigenvalue weighted by Gasteiger charge is -2.37. The summed E-state index contributed by atoms with van der Waals surface area (Å²) in [7, 11) is 0. The lowest BCUT2D eigenvalue weighted by Crippen LogP contribution is -2.44. The average Bonchev–Trinajstić information content (AvgIpc) is 3.24. The SMILES string of the molecule is CCN1CCC(N2CCc3ccc(-c4ccccn4)cc32)CC1.Fc1ccccc1. The first kappa shape index (κ1) is 20.5. The Morgan fingerprint density at radius 3 is 2.33 bits per heavy atom. The van der Waals surface area contributed by atoms with E-state index in [4.69, 9.17) is 0 Å². The molecule has 0 unspecified atom stereocenters. The van der Waals surface area contributed by atoms with Gasteiger partial charge in [-0.15, -0.1) is 0 Å². The summed E-state index contributed by atoms with van der Waals surface area (Å²) < 4.78 is 11.9. The van der Waals surface area contributed by atoms with Crippen LogP contribution in [0.15, 0.2) is 72.9 Å². The van der Waals surface area contributed by atoms with E-state index in [9.17, 15) is 4.39 Å². The largest absolute Gasteiger partial charge is 0.368 e. The summed E-state index contributed by atoms with van der Waals surface area (Å²) in [5.74, 6) is -0.178. The molecule has 0 saturated carbocycles. The fraction of sp³-hybridized carbons (Fsp3) is 0.346. The first-order valence-electron chi connectivity index (χ1n) is 11.0. The molecule has 0 atom stereocenters. The number of rotatable bonds is 3. The van der Waals surface area contributed by atoms with Crippen LogP contribution in [0.3, 0.4) is 0 Å². The Labute approximate surface area is 179 Å². The van der Waals surface area contributed by atoms with Gasteiger partial charge in [-0.3, -0.25) is 4.98 Å². The number of nitrogens with zero attached hydrogens (tertiary/aromatic N) is 3. The zero-order valence-electron chi connectivity index (χ0n) is 17.7. The van der Waals surface area contributed by atoms with E-state index in [1.165, 1.54) is 74.4 Å². The number of aromatic nitrogens is 1. The lowest BCUT2D eigenvalue weighted by molar-refractivity contribution is 0.219. The molecule has 0 amide bonds. The Bertz CT molecular complexity index is 922. The predicted molar refractivity (Wildman–Crippen MR) is 122 cm³/mol. The van der Waals surface area contributed by atoms with Gasteiger partial charge in [-0.05, 0) is 61.7 Å². The maximum absolute atomic E-state index is 11.9. The minimum atomic E-state index is -0.178. The third-order valence-corrected chi connectivity index (χ3v) is 6.16. The molecule has 0 aliphatic carbocycles. The van der Waals surface area contributed by atoms with Crippen molar-refractivity contribution in [3.63, 3.8) is 0 Å². The van der Waals surface area contributed by atoms with Gasteiger partial charge in [-0.2, -0.15) is 0 Å². The minimum Gasteiger partial charge on any atom is -0.368 e. The Hall–Kier alpha value is -2.72. The summed E-state index contributed by atoms with van der Waals surface area (Å²) in [5, 5.41) is 0. The summed E-state index contributed by atoms with van der Waals surface area (Å²) in [5.41, 5.74) is 5.26. The van der Waals surface area contributed by atoms with Crippen LogP contribution in [-0.4, -0.2) is 42.1 Å². The Morgan fingerprint density at radius 1 is 0.933 bits per heavy atom. The molecule has 4 heteroatoms. The first-order chi connectivity index (χ1) is 14.7. The van der Waals surface area contributed by atoms with E-state index in [0.717, 1.165) is 5.69 Å². The molecule has 2 aliphatic heterocycles. The van der Waals surface area contributed by atoms with E-state index in [2.05, 4.69) is 52.0 Å². The van der Waals surface area contributed by atoms with Crippen molar-refractivity contribution in [2.24, 2.45) is 0 Å². The van der Waals surface area contributed by atoms with Crippen LogP contribution in [0.4, 0.5) is 10.1 Å². The smallest absolute Gasteiger partial charge is 0.123 e. The topological polar surface area (TPSA) is 19.4 Å². The summed E-state index contributed by atoms with van der Waals surface area (Å²) in [6.45, 7) is 7.12. The molecule has 0 N–H and O–H groups in total. The van der Waals surface area contributed by atoms with Crippen LogP contribution in [-0.2, 0) is 6.42 Å². The van der Waals surface area contributed by atoms with Gasteiger partial charge in [0.15, 0.2) is 0 Å². The monoisotopic (exact) mass is 403 g/mol. The maximum atomic E-state index is 11.9. The number of halogens is 1. The first-order valence-corrected chi connectivity index (χ1v) is 11.0. The van der Waals surface area contributed by atoms with Gasteiger partial charge in [-0.1, -0.05) is 43.3 Å². The third kappa shape index (κ3) is 4.88. The molecule has 1 aromatic heterocycles. The zero-order valence-corrected chi connectivity index (χ0v) is 17.7. The molecule has 30 heavy (non-hydrogen) atoms. The quantitative estimate of drug-likeness (QED) is 0.582. The normalized spacial score (nSPS) is 16.7. The van der Waals surface area contributed by atoms with E-state index in [1.807, 2.05) is 12.3 Å². The standard InChI is InChI=1S/C20H25N3.C6H5F/c1-2-22-12-9-18(10-13-22)23-14-8-16-6-7-17(15-20(16)23)19-5-3-4-11-21-19;7-6-4-2-1-3-5-6/h3-7,11,15,18H,2,8-10,12-14H2,1H3;1-5H. The Morgan fingerprint density at radius 2 is 1.70 bits per heavy atom. The summed E-state index contributed by atoms with van der Waals surface area (Å²) >= 11 is 0. The number of likely N-dealkylation sites (tertiary alicyclic amines) is 1. The van der Waals surface area contributed by atoms with Crippen LogP contribution >= 0.6 is 0 Å². The summed E-state index contributed by atoms with van der Waals surface area (Å²) in [6, 6.07) is 21.7. The third-order valence-electron chi connectivity index (χ3n) is 6.16. The van der Waals surface area contributed by atoms with Gasteiger partial charge in [0.1, 0.15) is 5.82 Å². The van der Waals surface area contributed by atoms with Crippen LogP contribution in [0, 0.1) is 5.82 Å². The molecule has 0 bridgehead atoms. The van der Waals surface area contributed by atoms with Crippen molar-refractivity contribution in [3.8, 4) is 11.3 Å². The van der Waals surface area contributed by atoms with E-state index in [-0.39, 0.29) is 5.82 Å². The van der Waals surface area contributed by atoms with Crippen LogP contribution in [0.1, 0.15) is 25.3 Å². The molecule has 0 spiro atoms. The molecule has 3 nitrogen and oxygen atoms in total. The number of anilines is 1. The van der Waals surface area contributed by atoms with Crippen LogP contribution in [0.2, 0.25) is 0 Å². The number of hydrogen-bond donors (Lipinski definition) is 0. The predicted octanol–water partition coefficient (Wildman–Crippen LogP) is 5.42. The van der Waals surface area contributed by atoms with Crippen molar-refractivity contribution < 1.29 is 4.39 Å². The van der Waals surface area contributed by atoms with Gasteiger partial charge in [0.25, 0.3) is 0 Å². The number of hydrogen-bond acceptors (Lipinski definition) is 3. The van der Waals surface area contributed by atoms with Crippen LogP contribution < -0.4 is 4.90 Å². The highest BCUT2D eigenvalue weighted by Gasteiger charge is 2.29. The molecule has 2 aliphatic rings. The summed E-state index contributed by atoms with van der Waals surface area (Å²) in [4.78, 5) is 9.74. The molecule has 156 valence electrons. The molecule has 2 aromatic carbocycles. The van der Waals surface area contributed by atoms with Crippen molar-refractivity contribution in [3.05, 3.63) is 84.3 Å². The number of piperidine rings is 1. The van der Waals surface area contributed by atoms with Gasteiger partial charge < -0.3 is 9.80 Å². The molecule has 3 aromatic rings. The van der Waals surface area contributed by atoms with E-state index >= 15 is 0 Å². The highest BCUT2D eigenvalue weighted by molar-refractivity contribution is 5.70. The average molecular weight is 404 g/mol. The van der Waals surface area contributed by atoms with Gasteiger partial charge in [0, 0.05) is 43.1 Å². The van der Waals surface area contributed by atoms with Gasteiger partial charge in [0.2, 0.25) is 0 Å². The second-order valence-electron chi connectivity index (χ2n) is 7.96. The highest BCUT2D eigenvalue weighted by Crippen LogP contribution is 2.35. The van der Waals surface area contributed by atoms with Crippen LogP contribution in [0.5, 0.6) is 0 Å². The highest BCUT2D eigenvalue weighted by atomic mass is 19.1. The molecule has 0 radical (unpaired) electrons. The van der Waals surface area contributed by atoms with E-state index in [1.54, 1.807) is 18.2 Å². The second kappa shape index (κ2) is 9.86. The molecule has 1 fully saturated rings. The fourth-order valence-electron chi connectivity index (χ4n) is 4.44. The molecule has 5 rings (SSSR count). The summed E-state index contributed by atoms with van der Waals surface area (Å²) in [6.07, 6.45) is 5.65. The minimum absolute atomic E-state index is 0.178. The van der Waals surface area contributed by atoms with Gasteiger partial charge in [0.05, 0.1) is 5.69 Å². The van der Waals surface area contributed by atoms with E-state index in [0.29, 0.717) is 6.04 Å². The maximum Gasteiger partial charge on any atom is 0.123 e. The lowest BCUT2D eigenvalue weighted by atomic mass is 10.0. The molecule has 3 heterocycles. The van der Waals surface area contributed by atoms with Gasteiger partial charge in [-0.25, -0.2) is 4.39 Å². The number of fused-ring (bicyclic) bond motifs is 1. The Kier molecular flexibility index (Phi) is 6.75.